The highest BCUT2D eigenvalue weighted by Gasteiger charge is 2.35. The third kappa shape index (κ3) is 5.25. The van der Waals surface area contributed by atoms with Crippen LogP contribution in [0, 0.1) is 6.92 Å². The van der Waals surface area contributed by atoms with E-state index in [9.17, 15) is 5.11 Å². The summed E-state index contributed by atoms with van der Waals surface area (Å²) in [5, 5.41) is 25.0. The number of aliphatic hydroxyl groups excluding tert-OH is 1. The largest absolute Gasteiger partial charge is 0.477 e. The zero-order valence-corrected chi connectivity index (χ0v) is 24.6. The molecule has 1 aliphatic heterocycles. The molecule has 4 heterocycles. The summed E-state index contributed by atoms with van der Waals surface area (Å²) in [5.74, 6) is 1.34. The molecule has 0 unspecified atom stereocenters. The van der Waals surface area contributed by atoms with Gasteiger partial charge in [-0.05, 0) is 70.8 Å². The van der Waals surface area contributed by atoms with Gasteiger partial charge in [0.05, 0.1) is 47.8 Å². The molecule has 1 aliphatic carbocycles. The average Bonchev–Trinajstić information content (AvgIpc) is 3.57. The van der Waals surface area contributed by atoms with Crippen LogP contribution in [0.15, 0.2) is 24.4 Å². The second-order valence-corrected chi connectivity index (χ2v) is 11.4. The van der Waals surface area contributed by atoms with Crippen molar-refractivity contribution in [1.29, 1.82) is 0 Å². The standard InChI is InChI=1S/C30H40N8O3/c1-20-24-8-9-27-25-15-21(7-10-28(25)37(19-39)32-27)26-18-31-36(5)30(26)41-14-6-13-40-29(24)33-38(20)23-16-22(17-23)35(4)12-11-34(2)3/h7-10,15,18,22-23,39H,6,11-14,16-17,19H2,1-5H3/b9-8-. The van der Waals surface area contributed by atoms with Crippen LogP contribution in [0.3, 0.4) is 0 Å². The summed E-state index contributed by atoms with van der Waals surface area (Å²) in [6.45, 7) is 5.01. The molecule has 0 saturated heterocycles. The maximum absolute atomic E-state index is 9.99. The smallest absolute Gasteiger partial charge is 0.240 e. The lowest BCUT2D eigenvalue weighted by Gasteiger charge is -2.42. The van der Waals surface area contributed by atoms with Crippen LogP contribution in [0.5, 0.6) is 11.8 Å². The molecule has 1 N–H and O–H groups in total. The van der Waals surface area contributed by atoms with E-state index >= 15 is 0 Å². The molecule has 2 bridgehead atoms. The van der Waals surface area contributed by atoms with E-state index in [1.807, 2.05) is 31.5 Å². The van der Waals surface area contributed by atoms with Gasteiger partial charge in [-0.25, -0.2) is 9.36 Å². The summed E-state index contributed by atoms with van der Waals surface area (Å²) in [6, 6.07) is 7.01. The maximum Gasteiger partial charge on any atom is 0.240 e. The van der Waals surface area contributed by atoms with Gasteiger partial charge in [-0.2, -0.15) is 10.2 Å². The van der Waals surface area contributed by atoms with Crippen molar-refractivity contribution in [2.45, 2.75) is 45.0 Å². The third-order valence-corrected chi connectivity index (χ3v) is 8.40. The molecule has 0 amide bonds. The van der Waals surface area contributed by atoms with Crippen LogP contribution in [0.2, 0.25) is 0 Å². The van der Waals surface area contributed by atoms with Gasteiger partial charge < -0.3 is 24.4 Å². The minimum Gasteiger partial charge on any atom is -0.477 e. The number of benzene rings is 1. The molecule has 0 spiro atoms. The number of rotatable bonds is 6. The van der Waals surface area contributed by atoms with Gasteiger partial charge in [0.25, 0.3) is 0 Å². The fraction of sp³-hybridized carbons (Fsp3) is 0.500. The first-order valence-corrected chi connectivity index (χ1v) is 14.4. The second-order valence-electron chi connectivity index (χ2n) is 11.4. The van der Waals surface area contributed by atoms with Crippen LogP contribution in [-0.4, -0.2) is 97.7 Å². The summed E-state index contributed by atoms with van der Waals surface area (Å²) in [7, 11) is 8.33. The Balaban J connectivity index is 1.34. The number of hydrogen-bond acceptors (Lipinski definition) is 8. The molecule has 218 valence electrons. The predicted molar refractivity (Wildman–Crippen MR) is 159 cm³/mol. The van der Waals surface area contributed by atoms with E-state index in [0.717, 1.165) is 64.9 Å². The van der Waals surface area contributed by atoms with Gasteiger partial charge in [0.1, 0.15) is 6.73 Å². The molecule has 0 atom stereocenters. The van der Waals surface area contributed by atoms with Gasteiger partial charge in [0.15, 0.2) is 0 Å². The monoisotopic (exact) mass is 560 g/mol. The van der Waals surface area contributed by atoms with E-state index in [2.05, 4.69) is 59.8 Å². The van der Waals surface area contributed by atoms with Crippen molar-refractivity contribution in [3.05, 3.63) is 41.3 Å². The molecule has 1 fully saturated rings. The van der Waals surface area contributed by atoms with Crippen LogP contribution in [0.1, 0.15) is 42.3 Å². The fourth-order valence-electron chi connectivity index (χ4n) is 5.77. The number of ether oxygens (including phenoxy) is 2. The van der Waals surface area contributed by atoms with Gasteiger partial charge in [-0.3, -0.25) is 4.68 Å². The topological polar surface area (TPSA) is 98.6 Å². The molecular formula is C30H40N8O3. The normalized spacial score (nSPS) is 19.8. The van der Waals surface area contributed by atoms with E-state index in [1.165, 1.54) is 0 Å². The van der Waals surface area contributed by atoms with Crippen LogP contribution < -0.4 is 9.47 Å². The van der Waals surface area contributed by atoms with Crippen molar-refractivity contribution in [3.8, 4) is 22.9 Å². The quantitative estimate of drug-likeness (QED) is 0.383. The van der Waals surface area contributed by atoms with Gasteiger partial charge >= 0.3 is 0 Å². The maximum atomic E-state index is 9.99. The van der Waals surface area contributed by atoms with Crippen molar-refractivity contribution in [3.63, 3.8) is 0 Å². The first-order valence-electron chi connectivity index (χ1n) is 14.4. The third-order valence-electron chi connectivity index (χ3n) is 8.40. The minimum absolute atomic E-state index is 0.206. The summed E-state index contributed by atoms with van der Waals surface area (Å²) in [5.41, 5.74) is 5.56. The Kier molecular flexibility index (Phi) is 7.58. The zero-order valence-electron chi connectivity index (χ0n) is 24.6. The van der Waals surface area contributed by atoms with Crippen molar-refractivity contribution in [1.82, 2.24) is 39.1 Å². The molecular weight excluding hydrogens is 520 g/mol. The Morgan fingerprint density at radius 3 is 2.63 bits per heavy atom. The number of likely N-dealkylation sites (N-methyl/N-ethyl adjacent to an activating group) is 2. The molecule has 2 aliphatic rings. The van der Waals surface area contributed by atoms with Crippen LogP contribution >= 0.6 is 0 Å². The van der Waals surface area contributed by atoms with Crippen molar-refractivity contribution in [2.75, 3.05) is 47.4 Å². The summed E-state index contributed by atoms with van der Waals surface area (Å²) < 4.78 is 18.0. The Labute approximate surface area is 240 Å². The van der Waals surface area contributed by atoms with Crippen molar-refractivity contribution in [2.24, 2.45) is 7.05 Å². The molecule has 1 saturated carbocycles. The lowest BCUT2D eigenvalue weighted by Crippen LogP contribution is -2.45. The lowest BCUT2D eigenvalue weighted by molar-refractivity contribution is 0.0917. The van der Waals surface area contributed by atoms with Crippen LogP contribution in [0.4, 0.5) is 0 Å². The number of nitrogens with zero attached hydrogens (tertiary/aromatic N) is 8. The van der Waals surface area contributed by atoms with E-state index in [1.54, 1.807) is 9.36 Å². The first-order chi connectivity index (χ1) is 19.8. The van der Waals surface area contributed by atoms with Gasteiger partial charge in [-0.15, -0.1) is 5.10 Å². The number of aryl methyl sites for hydroxylation is 1. The van der Waals surface area contributed by atoms with Gasteiger partial charge in [-0.1, -0.05) is 6.07 Å². The van der Waals surface area contributed by atoms with E-state index < -0.39 is 0 Å². The van der Waals surface area contributed by atoms with Crippen molar-refractivity contribution < 1.29 is 14.6 Å². The molecule has 3 aromatic heterocycles. The highest BCUT2D eigenvalue weighted by atomic mass is 16.5. The SMILES string of the molecule is Cc1c2c(nn1C1CC(N(C)CCN(C)C)C1)OCCCOc1c(cnn1C)-c1ccc3c(c1)c(nn3CO)/C=C\2. The van der Waals surface area contributed by atoms with Gasteiger partial charge in [0, 0.05) is 43.7 Å². The summed E-state index contributed by atoms with van der Waals surface area (Å²) in [6.07, 6.45) is 8.73. The van der Waals surface area contributed by atoms with E-state index in [-0.39, 0.29) is 6.73 Å². The Morgan fingerprint density at radius 2 is 1.85 bits per heavy atom. The van der Waals surface area contributed by atoms with E-state index in [4.69, 9.17) is 19.7 Å². The number of aromatic nitrogens is 6. The van der Waals surface area contributed by atoms with Crippen LogP contribution in [0.25, 0.3) is 34.2 Å². The highest BCUT2D eigenvalue weighted by molar-refractivity contribution is 5.93. The lowest BCUT2D eigenvalue weighted by atomic mass is 9.85. The Morgan fingerprint density at radius 1 is 1.05 bits per heavy atom. The Bertz CT molecular complexity index is 1560. The predicted octanol–water partition coefficient (Wildman–Crippen LogP) is 3.42. The average molecular weight is 561 g/mol. The van der Waals surface area contributed by atoms with Crippen molar-refractivity contribution >= 4 is 23.1 Å². The number of fused-ring (bicyclic) bond motifs is 4. The van der Waals surface area contributed by atoms with Crippen LogP contribution in [-0.2, 0) is 13.8 Å². The number of hydrogen-bond donors (Lipinski definition) is 1. The van der Waals surface area contributed by atoms with E-state index in [0.29, 0.717) is 43.5 Å². The number of aliphatic hydroxyl groups is 1. The molecule has 11 heteroatoms. The van der Waals surface area contributed by atoms with Gasteiger partial charge in [0.2, 0.25) is 11.8 Å². The summed E-state index contributed by atoms with van der Waals surface area (Å²) >= 11 is 0. The second kappa shape index (κ2) is 11.3. The summed E-state index contributed by atoms with van der Waals surface area (Å²) in [4.78, 5) is 4.69. The molecule has 11 nitrogen and oxygen atoms in total. The Hall–Kier alpha value is -3.67. The molecule has 0 radical (unpaired) electrons. The first kappa shape index (κ1) is 27.5. The molecule has 4 aromatic rings. The zero-order chi connectivity index (χ0) is 28.7. The molecule has 6 rings (SSSR count). The fourth-order valence-corrected chi connectivity index (χ4v) is 5.77. The minimum atomic E-state index is -0.206. The molecule has 41 heavy (non-hydrogen) atoms. The molecule has 1 aromatic carbocycles. The highest BCUT2D eigenvalue weighted by Crippen LogP contribution is 2.39.